The molecule has 0 radical (unpaired) electrons. The van der Waals surface area contributed by atoms with Gasteiger partial charge in [-0.1, -0.05) is 25.2 Å². The number of benzene rings is 1. The Bertz CT molecular complexity index is 1140. The maximum absolute atomic E-state index is 14.5. The topological polar surface area (TPSA) is 92.3 Å². The number of hydrogen-bond acceptors (Lipinski definition) is 6. The summed E-state index contributed by atoms with van der Waals surface area (Å²) >= 11 is 1.37. The monoisotopic (exact) mass is 492 g/mol. The van der Waals surface area contributed by atoms with Crippen LogP contribution in [0.1, 0.15) is 67.7 Å². The summed E-state index contributed by atoms with van der Waals surface area (Å²) in [5.41, 5.74) is -0.256. The first-order valence-corrected chi connectivity index (χ1v) is 13.9. The Morgan fingerprint density at radius 1 is 1.12 bits per heavy atom. The fraction of sp³-hybridized carbons (Fsp3) is 0.609. The molecule has 1 amide bonds. The van der Waals surface area contributed by atoms with E-state index in [-0.39, 0.29) is 29.0 Å². The molecule has 33 heavy (non-hydrogen) atoms. The summed E-state index contributed by atoms with van der Waals surface area (Å²) in [6.07, 6.45) is 7.40. The van der Waals surface area contributed by atoms with Gasteiger partial charge in [0.05, 0.1) is 10.5 Å². The lowest BCUT2D eigenvalue weighted by atomic mass is 9.50. The maximum atomic E-state index is 14.5. The van der Waals surface area contributed by atoms with Crippen LogP contribution in [-0.2, 0) is 15.4 Å². The van der Waals surface area contributed by atoms with Crippen molar-refractivity contribution >= 4 is 32.4 Å². The number of rotatable bonds is 7. The molecule has 7 nitrogen and oxygen atoms in total. The van der Waals surface area contributed by atoms with Crippen molar-refractivity contribution in [2.24, 2.45) is 17.8 Å². The van der Waals surface area contributed by atoms with Crippen molar-refractivity contribution in [1.29, 1.82) is 0 Å². The molecule has 4 bridgehead atoms. The number of anilines is 1. The molecule has 1 aromatic heterocycles. The number of carbonyl (C=O) groups is 1. The van der Waals surface area contributed by atoms with Crippen molar-refractivity contribution in [2.45, 2.75) is 62.7 Å². The third kappa shape index (κ3) is 4.00. The van der Waals surface area contributed by atoms with Gasteiger partial charge in [-0.3, -0.25) is 10.1 Å². The molecule has 1 N–H and O–H groups in total. The van der Waals surface area contributed by atoms with E-state index in [4.69, 9.17) is 0 Å². The Labute approximate surface area is 197 Å². The molecule has 6 rings (SSSR count). The van der Waals surface area contributed by atoms with Crippen molar-refractivity contribution in [2.75, 3.05) is 18.4 Å². The van der Waals surface area contributed by atoms with E-state index in [1.807, 2.05) is 0 Å². The Balaban J connectivity index is 1.37. The van der Waals surface area contributed by atoms with Crippen LogP contribution in [0.4, 0.5) is 9.52 Å². The average molecular weight is 493 g/mol. The molecule has 2 aromatic rings. The first kappa shape index (κ1) is 22.9. The second-order valence-electron chi connectivity index (χ2n) is 9.80. The Hall–Kier alpha value is -1.91. The van der Waals surface area contributed by atoms with Crippen LogP contribution in [-0.4, -0.2) is 41.9 Å². The molecule has 4 aliphatic rings. The standard InChI is InChI=1S/C23H29FN4O3S2/c1-3-28(4-2)33(30,31)17-5-6-19(24)18(10-17)20(29)25-22-27-26-21(32-22)23-11-14-7-15(12-23)9-16(8-14)13-23/h5-6,10,14-16H,3-4,7-9,11-13H2,1-2H3,(H,25,27,29). The van der Waals surface area contributed by atoms with Crippen molar-refractivity contribution in [3.05, 3.63) is 34.6 Å². The molecule has 0 saturated heterocycles. The number of halogens is 1. The number of nitrogens with one attached hydrogen (secondary N) is 1. The van der Waals surface area contributed by atoms with Crippen LogP contribution in [0.2, 0.25) is 0 Å². The highest BCUT2D eigenvalue weighted by molar-refractivity contribution is 7.89. The molecule has 1 aromatic carbocycles. The Morgan fingerprint density at radius 2 is 1.73 bits per heavy atom. The van der Waals surface area contributed by atoms with E-state index in [1.54, 1.807) is 13.8 Å². The minimum atomic E-state index is -3.81. The highest BCUT2D eigenvalue weighted by Gasteiger charge is 2.53. The van der Waals surface area contributed by atoms with E-state index >= 15 is 0 Å². The van der Waals surface area contributed by atoms with Crippen LogP contribution in [0.3, 0.4) is 0 Å². The van der Waals surface area contributed by atoms with Crippen LogP contribution in [0.15, 0.2) is 23.1 Å². The van der Waals surface area contributed by atoms with Gasteiger partial charge in [-0.25, -0.2) is 12.8 Å². The number of sulfonamides is 1. The first-order valence-electron chi connectivity index (χ1n) is 11.7. The van der Waals surface area contributed by atoms with E-state index < -0.39 is 21.7 Å². The molecule has 10 heteroatoms. The van der Waals surface area contributed by atoms with Crippen LogP contribution in [0.25, 0.3) is 0 Å². The molecule has 4 aliphatic carbocycles. The van der Waals surface area contributed by atoms with E-state index in [2.05, 4.69) is 15.5 Å². The Morgan fingerprint density at radius 3 is 2.30 bits per heavy atom. The van der Waals surface area contributed by atoms with Crippen molar-refractivity contribution < 1.29 is 17.6 Å². The fourth-order valence-electron chi connectivity index (χ4n) is 6.58. The zero-order valence-electron chi connectivity index (χ0n) is 18.9. The van der Waals surface area contributed by atoms with Crippen LogP contribution in [0.5, 0.6) is 0 Å². The quantitative estimate of drug-likeness (QED) is 0.617. The second kappa shape index (κ2) is 8.39. The lowest BCUT2D eigenvalue weighted by Crippen LogP contribution is -2.48. The van der Waals surface area contributed by atoms with E-state index in [9.17, 15) is 17.6 Å². The first-order chi connectivity index (χ1) is 15.7. The van der Waals surface area contributed by atoms with E-state index in [0.717, 1.165) is 54.2 Å². The predicted octanol–water partition coefficient (Wildman–Crippen LogP) is 4.43. The van der Waals surface area contributed by atoms with Crippen LogP contribution >= 0.6 is 11.3 Å². The molecule has 0 spiro atoms. The summed E-state index contributed by atoms with van der Waals surface area (Å²) in [4.78, 5) is 12.8. The van der Waals surface area contributed by atoms with Gasteiger partial charge in [-0.2, -0.15) is 4.31 Å². The molecule has 178 valence electrons. The smallest absolute Gasteiger partial charge is 0.260 e. The molecule has 4 fully saturated rings. The van der Waals surface area contributed by atoms with E-state index in [0.29, 0.717) is 5.13 Å². The zero-order chi connectivity index (χ0) is 23.4. The SMILES string of the molecule is CCN(CC)S(=O)(=O)c1ccc(F)c(C(=O)Nc2nnc(C34CC5CC(CC(C5)C3)C4)s2)c1. The largest absolute Gasteiger partial charge is 0.296 e. The summed E-state index contributed by atoms with van der Waals surface area (Å²) < 4.78 is 41.4. The highest BCUT2D eigenvalue weighted by atomic mass is 32.2. The predicted molar refractivity (Wildman–Crippen MR) is 124 cm³/mol. The van der Waals surface area contributed by atoms with Crippen LogP contribution in [0, 0.1) is 23.6 Å². The molecule has 1 heterocycles. The summed E-state index contributed by atoms with van der Waals surface area (Å²) in [6.45, 7) is 4.04. The lowest BCUT2D eigenvalue weighted by molar-refractivity contribution is -0.00555. The van der Waals surface area contributed by atoms with Gasteiger partial charge in [0, 0.05) is 18.5 Å². The summed E-state index contributed by atoms with van der Waals surface area (Å²) in [6, 6.07) is 3.31. The number of hydrogen-bond donors (Lipinski definition) is 1. The van der Waals surface area contributed by atoms with E-state index in [1.165, 1.54) is 41.0 Å². The van der Waals surface area contributed by atoms with Gasteiger partial charge < -0.3 is 0 Å². The molecule has 0 atom stereocenters. The molecule has 0 unspecified atom stereocenters. The molecule has 0 aliphatic heterocycles. The zero-order valence-corrected chi connectivity index (χ0v) is 20.5. The summed E-state index contributed by atoms with van der Waals surface area (Å²) in [7, 11) is -3.81. The van der Waals surface area contributed by atoms with Gasteiger partial charge in [0.25, 0.3) is 5.91 Å². The summed E-state index contributed by atoms with van der Waals surface area (Å²) in [5.74, 6) is 0.794. The minimum absolute atomic E-state index is 0.0679. The third-order valence-corrected chi connectivity index (χ3v) is 10.8. The van der Waals surface area contributed by atoms with Gasteiger partial charge >= 0.3 is 0 Å². The molecular weight excluding hydrogens is 463 g/mol. The number of carbonyl (C=O) groups excluding carboxylic acids is 1. The fourth-order valence-corrected chi connectivity index (χ4v) is 9.02. The molecular formula is C23H29FN4O3S2. The number of aromatic nitrogens is 2. The van der Waals surface area contributed by atoms with Crippen molar-refractivity contribution in [3.8, 4) is 0 Å². The van der Waals surface area contributed by atoms with Gasteiger partial charge in [-0.05, 0) is 74.5 Å². The highest BCUT2D eigenvalue weighted by Crippen LogP contribution is 2.61. The van der Waals surface area contributed by atoms with Gasteiger partial charge in [0.15, 0.2) is 0 Å². The maximum Gasteiger partial charge on any atom is 0.260 e. The minimum Gasteiger partial charge on any atom is -0.296 e. The lowest BCUT2D eigenvalue weighted by Gasteiger charge is -2.55. The number of amides is 1. The van der Waals surface area contributed by atoms with Gasteiger partial charge in [0.1, 0.15) is 10.8 Å². The second-order valence-corrected chi connectivity index (χ2v) is 12.7. The van der Waals surface area contributed by atoms with Crippen molar-refractivity contribution in [1.82, 2.24) is 14.5 Å². The van der Waals surface area contributed by atoms with Gasteiger partial charge in [-0.15, -0.1) is 10.2 Å². The van der Waals surface area contributed by atoms with Crippen LogP contribution < -0.4 is 5.32 Å². The average Bonchev–Trinajstić information content (AvgIpc) is 3.23. The summed E-state index contributed by atoms with van der Waals surface area (Å²) in [5, 5.41) is 12.6. The third-order valence-electron chi connectivity index (χ3n) is 7.66. The Kier molecular flexibility index (Phi) is 5.81. The normalized spacial score (nSPS) is 28.4. The van der Waals surface area contributed by atoms with Gasteiger partial charge in [0.2, 0.25) is 15.2 Å². The number of nitrogens with zero attached hydrogens (tertiary/aromatic N) is 3. The van der Waals surface area contributed by atoms with Crippen molar-refractivity contribution in [3.63, 3.8) is 0 Å². The molecule has 4 saturated carbocycles.